The molecule has 0 unspecified atom stereocenters. The Morgan fingerprint density at radius 2 is 0.750 bits per heavy atom. The van der Waals surface area contributed by atoms with Crippen LogP contribution in [-0.4, -0.2) is 11.6 Å². The van der Waals surface area contributed by atoms with Crippen LogP contribution in [0.15, 0.2) is 121 Å². The summed E-state index contributed by atoms with van der Waals surface area (Å²) < 4.78 is 0. The third-order valence-electron chi connectivity index (χ3n) is 6.46. The van der Waals surface area contributed by atoms with E-state index in [9.17, 15) is 9.59 Å². The van der Waals surface area contributed by atoms with Gasteiger partial charge in [0.15, 0.2) is 11.6 Å². The molecule has 0 atom stereocenters. The van der Waals surface area contributed by atoms with Gasteiger partial charge in [-0.25, -0.2) is 0 Å². The Hall–Kier alpha value is -5.44. The Labute approximate surface area is 235 Å². The highest BCUT2D eigenvalue weighted by Gasteiger charge is 2.10. The molecule has 0 heterocycles. The van der Waals surface area contributed by atoms with E-state index in [1.54, 1.807) is 0 Å². The van der Waals surface area contributed by atoms with E-state index < -0.39 is 0 Å². The number of ketones is 2. The second-order valence-corrected chi connectivity index (χ2v) is 9.63. The largest absolute Gasteiger partial charge is 0.289 e. The van der Waals surface area contributed by atoms with Gasteiger partial charge in [-0.05, 0) is 62.4 Å². The van der Waals surface area contributed by atoms with E-state index >= 15 is 0 Å². The molecule has 0 saturated heterocycles. The number of aryl methyl sites for hydroxylation is 2. The van der Waals surface area contributed by atoms with Crippen molar-refractivity contribution in [2.45, 2.75) is 13.8 Å². The fraction of sp³-hybridized carbons (Fsp3) is 0.0526. The smallest absolute Gasteiger partial charge is 0.193 e. The molecule has 2 nitrogen and oxygen atoms in total. The zero-order chi connectivity index (χ0) is 27.9. The number of carbonyl (C=O) groups excluding carboxylic acids is 2. The molecule has 0 radical (unpaired) electrons. The van der Waals surface area contributed by atoms with Crippen molar-refractivity contribution in [3.8, 4) is 23.7 Å². The number of hydrogen-bond acceptors (Lipinski definition) is 2. The number of carbonyl (C=O) groups is 2. The topological polar surface area (TPSA) is 34.1 Å². The highest BCUT2D eigenvalue weighted by Crippen LogP contribution is 2.14. The zero-order valence-electron chi connectivity index (χ0n) is 22.4. The zero-order valence-corrected chi connectivity index (χ0v) is 22.4. The summed E-state index contributed by atoms with van der Waals surface area (Å²) in [4.78, 5) is 25.7. The predicted molar refractivity (Wildman–Crippen MR) is 161 cm³/mol. The van der Waals surface area contributed by atoms with E-state index in [0.717, 1.165) is 33.4 Å². The van der Waals surface area contributed by atoms with Crippen LogP contribution in [0.25, 0.3) is 0 Å². The highest BCUT2D eigenvalue weighted by molar-refractivity contribution is 6.09. The Morgan fingerprint density at radius 3 is 1.12 bits per heavy atom. The maximum Gasteiger partial charge on any atom is 0.193 e. The molecule has 0 amide bonds. The summed E-state index contributed by atoms with van der Waals surface area (Å²) >= 11 is 0. The molecule has 5 aromatic rings. The summed E-state index contributed by atoms with van der Waals surface area (Å²) in [5.74, 6) is 12.6. The fourth-order valence-electron chi connectivity index (χ4n) is 4.15. The summed E-state index contributed by atoms with van der Waals surface area (Å²) in [6.07, 6.45) is 0. The fourth-order valence-corrected chi connectivity index (χ4v) is 4.15. The van der Waals surface area contributed by atoms with Crippen LogP contribution in [0.2, 0.25) is 0 Å². The van der Waals surface area contributed by atoms with Crippen molar-refractivity contribution in [2.75, 3.05) is 0 Å². The normalized spacial score (nSPS) is 10.1. The summed E-state index contributed by atoms with van der Waals surface area (Å²) in [5.41, 5.74) is 8.06. The van der Waals surface area contributed by atoms with E-state index in [1.165, 1.54) is 0 Å². The molecule has 0 aromatic heterocycles. The number of hydrogen-bond donors (Lipinski definition) is 0. The van der Waals surface area contributed by atoms with E-state index in [0.29, 0.717) is 22.3 Å². The van der Waals surface area contributed by atoms with Crippen LogP contribution in [0.3, 0.4) is 0 Å². The van der Waals surface area contributed by atoms with Gasteiger partial charge in [0.25, 0.3) is 0 Å². The van der Waals surface area contributed by atoms with Gasteiger partial charge >= 0.3 is 0 Å². The number of benzene rings is 5. The van der Waals surface area contributed by atoms with Gasteiger partial charge in [0.2, 0.25) is 0 Å². The second-order valence-electron chi connectivity index (χ2n) is 9.63. The van der Waals surface area contributed by atoms with Gasteiger partial charge in [0, 0.05) is 44.5 Å². The molecule has 0 aliphatic rings. The molecule has 0 bridgehead atoms. The molecule has 190 valence electrons. The van der Waals surface area contributed by atoms with Crippen molar-refractivity contribution < 1.29 is 9.59 Å². The Morgan fingerprint density at radius 1 is 0.400 bits per heavy atom. The van der Waals surface area contributed by atoms with Crippen molar-refractivity contribution >= 4 is 11.6 Å². The van der Waals surface area contributed by atoms with Crippen molar-refractivity contribution in [1.82, 2.24) is 0 Å². The van der Waals surface area contributed by atoms with Crippen LogP contribution in [-0.2, 0) is 0 Å². The van der Waals surface area contributed by atoms with Crippen LogP contribution in [0.4, 0.5) is 0 Å². The van der Waals surface area contributed by atoms with Crippen LogP contribution < -0.4 is 0 Å². The quantitative estimate of drug-likeness (QED) is 0.183. The standard InChI is InChI=1S/C38H26O2/c1-27-9-21-33(22-10-27)37(39)35-7-3-5-31(25-35)19-17-29-13-15-30(16-14-29)18-20-32-6-4-8-36(26-32)38(40)34-23-11-28(2)12-24-34/h3-16,21-26H,1-2H3. The monoisotopic (exact) mass is 514 g/mol. The Bertz CT molecular complexity index is 1680. The molecule has 0 aliphatic heterocycles. The first kappa shape index (κ1) is 26.2. The average molecular weight is 515 g/mol. The van der Waals surface area contributed by atoms with E-state index in [-0.39, 0.29) is 11.6 Å². The minimum absolute atomic E-state index is 0.0170. The second kappa shape index (κ2) is 12.0. The van der Waals surface area contributed by atoms with Crippen LogP contribution in [0, 0.1) is 37.5 Å². The third-order valence-corrected chi connectivity index (χ3v) is 6.46. The number of rotatable bonds is 4. The lowest BCUT2D eigenvalue weighted by molar-refractivity contribution is 0.103. The third kappa shape index (κ3) is 6.51. The lowest BCUT2D eigenvalue weighted by Crippen LogP contribution is -2.01. The van der Waals surface area contributed by atoms with Gasteiger partial charge in [-0.15, -0.1) is 0 Å². The molecule has 0 saturated carbocycles. The van der Waals surface area contributed by atoms with Gasteiger partial charge in [-0.3, -0.25) is 9.59 Å². The van der Waals surface area contributed by atoms with E-state index in [4.69, 9.17) is 0 Å². The molecular formula is C38H26O2. The van der Waals surface area contributed by atoms with Crippen LogP contribution in [0.1, 0.15) is 65.2 Å². The van der Waals surface area contributed by atoms with Crippen LogP contribution >= 0.6 is 0 Å². The summed E-state index contributed by atoms with van der Waals surface area (Å²) in [7, 11) is 0. The molecule has 0 spiro atoms. The maximum absolute atomic E-state index is 12.8. The molecule has 0 N–H and O–H groups in total. The minimum Gasteiger partial charge on any atom is -0.289 e. The molecule has 2 heteroatoms. The van der Waals surface area contributed by atoms with Crippen LogP contribution in [0.5, 0.6) is 0 Å². The highest BCUT2D eigenvalue weighted by atomic mass is 16.1. The first-order valence-corrected chi connectivity index (χ1v) is 13.0. The first-order valence-electron chi connectivity index (χ1n) is 13.0. The molecule has 0 aliphatic carbocycles. The maximum atomic E-state index is 12.8. The SMILES string of the molecule is Cc1ccc(C(=O)c2cccc(C#Cc3ccc(C#Cc4cccc(C(=O)c5ccc(C)cc5)c4)cc3)c2)cc1. The molecule has 5 rings (SSSR count). The van der Waals surface area contributed by atoms with Crippen molar-refractivity contribution in [3.05, 3.63) is 177 Å². The van der Waals surface area contributed by atoms with Crippen molar-refractivity contribution in [1.29, 1.82) is 0 Å². The first-order chi connectivity index (χ1) is 19.4. The molecular weight excluding hydrogens is 488 g/mol. The summed E-state index contributed by atoms with van der Waals surface area (Å²) in [6, 6.07) is 37.7. The van der Waals surface area contributed by atoms with Gasteiger partial charge < -0.3 is 0 Å². The van der Waals surface area contributed by atoms with Gasteiger partial charge in [0.1, 0.15) is 0 Å². The lowest BCUT2D eigenvalue weighted by atomic mass is 10.0. The van der Waals surface area contributed by atoms with Gasteiger partial charge in [-0.2, -0.15) is 0 Å². The van der Waals surface area contributed by atoms with E-state index in [1.807, 2.05) is 135 Å². The predicted octanol–water partition coefficient (Wildman–Crippen LogP) is 7.57. The van der Waals surface area contributed by atoms with Gasteiger partial charge in [-0.1, -0.05) is 108 Å². The Kier molecular flexibility index (Phi) is 7.82. The lowest BCUT2D eigenvalue weighted by Gasteiger charge is -2.02. The minimum atomic E-state index is -0.0170. The summed E-state index contributed by atoms with van der Waals surface area (Å²) in [6.45, 7) is 4.00. The Balaban J connectivity index is 1.27. The molecule has 5 aromatic carbocycles. The van der Waals surface area contributed by atoms with Gasteiger partial charge in [0.05, 0.1) is 0 Å². The molecule has 40 heavy (non-hydrogen) atoms. The molecule has 0 fully saturated rings. The summed E-state index contributed by atoms with van der Waals surface area (Å²) in [5, 5.41) is 0. The van der Waals surface area contributed by atoms with Crippen molar-refractivity contribution in [3.63, 3.8) is 0 Å². The average Bonchev–Trinajstić information content (AvgIpc) is 3.00. The van der Waals surface area contributed by atoms with Crippen molar-refractivity contribution in [2.24, 2.45) is 0 Å². The van der Waals surface area contributed by atoms with E-state index in [2.05, 4.69) is 23.7 Å².